The van der Waals surface area contributed by atoms with Crippen molar-refractivity contribution < 1.29 is 23.0 Å². The molecule has 0 atom stereocenters. The highest BCUT2D eigenvalue weighted by molar-refractivity contribution is 7.90. The zero-order valence-corrected chi connectivity index (χ0v) is 8.88. The molecule has 0 aliphatic carbocycles. The summed E-state index contributed by atoms with van der Waals surface area (Å²) in [6.45, 7) is -0.245. The van der Waals surface area contributed by atoms with E-state index >= 15 is 0 Å². The Morgan fingerprint density at radius 3 is 2.47 bits per heavy atom. The van der Waals surface area contributed by atoms with Crippen molar-refractivity contribution in [1.82, 2.24) is 0 Å². The number of halogens is 1. The summed E-state index contributed by atoms with van der Waals surface area (Å²) < 4.78 is 35.5. The van der Waals surface area contributed by atoms with Crippen LogP contribution in [-0.2, 0) is 16.3 Å². The maximum Gasteiger partial charge on any atom is 0.183 e. The first kappa shape index (κ1) is 11.9. The van der Waals surface area contributed by atoms with E-state index < -0.39 is 26.3 Å². The van der Waals surface area contributed by atoms with Gasteiger partial charge in [-0.05, 0) is 18.1 Å². The fourth-order valence-corrected chi connectivity index (χ4v) is 1.93. The number of phenolic OH excluding ortho intramolecular Hbond substituents is 1. The van der Waals surface area contributed by atoms with E-state index in [1.54, 1.807) is 0 Å². The summed E-state index contributed by atoms with van der Waals surface area (Å²) in [7, 11) is -3.69. The number of hydrogen-bond acceptors (Lipinski definition) is 4. The van der Waals surface area contributed by atoms with Crippen LogP contribution in [0.1, 0.15) is 5.56 Å². The highest BCUT2D eigenvalue weighted by atomic mass is 32.2. The molecule has 1 aromatic rings. The molecule has 15 heavy (non-hydrogen) atoms. The van der Waals surface area contributed by atoms with Crippen molar-refractivity contribution in [2.24, 2.45) is 0 Å². The van der Waals surface area contributed by atoms with Crippen molar-refractivity contribution in [1.29, 1.82) is 0 Å². The molecule has 0 spiro atoms. The summed E-state index contributed by atoms with van der Waals surface area (Å²) in [5.74, 6) is -1.88. The van der Waals surface area contributed by atoms with Crippen LogP contribution in [0, 0.1) is 5.82 Å². The summed E-state index contributed by atoms with van der Waals surface area (Å²) in [4.78, 5) is -0.540. The number of phenols is 1. The maximum absolute atomic E-state index is 13.4. The quantitative estimate of drug-likeness (QED) is 0.797. The van der Waals surface area contributed by atoms with Gasteiger partial charge in [0.15, 0.2) is 21.4 Å². The standard InChI is InChI=1S/C9H11FO4S/c1-15(13,14)7-3-2-6(4-5-11)9(12)8(7)10/h2-3,11-12H,4-5H2,1H3. The van der Waals surface area contributed by atoms with Crippen molar-refractivity contribution >= 4 is 9.84 Å². The van der Waals surface area contributed by atoms with Crippen LogP contribution in [0.5, 0.6) is 5.75 Å². The van der Waals surface area contributed by atoms with Gasteiger partial charge in [0.05, 0.1) is 0 Å². The van der Waals surface area contributed by atoms with Gasteiger partial charge in [-0.3, -0.25) is 0 Å². The smallest absolute Gasteiger partial charge is 0.183 e. The predicted molar refractivity (Wildman–Crippen MR) is 52.0 cm³/mol. The lowest BCUT2D eigenvalue weighted by atomic mass is 10.1. The van der Waals surface area contributed by atoms with Crippen molar-refractivity contribution in [2.45, 2.75) is 11.3 Å². The molecule has 0 saturated carbocycles. The summed E-state index contributed by atoms with van der Waals surface area (Å²) in [5.41, 5.74) is 0.183. The van der Waals surface area contributed by atoms with E-state index in [1.165, 1.54) is 6.07 Å². The number of aliphatic hydroxyl groups is 1. The van der Waals surface area contributed by atoms with Gasteiger partial charge in [-0.15, -0.1) is 0 Å². The molecule has 0 saturated heterocycles. The lowest BCUT2D eigenvalue weighted by Crippen LogP contribution is -2.03. The molecule has 0 heterocycles. The van der Waals surface area contributed by atoms with E-state index in [0.717, 1.165) is 12.3 Å². The Bertz CT molecular complexity index is 467. The largest absolute Gasteiger partial charge is 0.505 e. The highest BCUT2D eigenvalue weighted by Crippen LogP contribution is 2.27. The molecule has 0 fully saturated rings. The van der Waals surface area contributed by atoms with E-state index in [2.05, 4.69) is 0 Å². The normalized spacial score (nSPS) is 11.7. The number of aromatic hydroxyl groups is 1. The second-order valence-electron chi connectivity index (χ2n) is 3.13. The van der Waals surface area contributed by atoms with Gasteiger partial charge < -0.3 is 10.2 Å². The second-order valence-corrected chi connectivity index (χ2v) is 5.12. The van der Waals surface area contributed by atoms with E-state index in [1.807, 2.05) is 0 Å². The van der Waals surface area contributed by atoms with E-state index in [-0.39, 0.29) is 18.6 Å². The van der Waals surface area contributed by atoms with Gasteiger partial charge >= 0.3 is 0 Å². The topological polar surface area (TPSA) is 74.6 Å². The summed E-state index contributed by atoms with van der Waals surface area (Å²) >= 11 is 0. The van der Waals surface area contributed by atoms with Crippen molar-refractivity contribution in [3.05, 3.63) is 23.5 Å². The van der Waals surface area contributed by atoms with E-state index in [9.17, 15) is 17.9 Å². The Hall–Kier alpha value is -1.14. The van der Waals surface area contributed by atoms with Gasteiger partial charge in [-0.25, -0.2) is 12.8 Å². The predicted octanol–water partition coefficient (Wildman–Crippen LogP) is 0.470. The molecule has 0 aliphatic rings. The van der Waals surface area contributed by atoms with Crippen molar-refractivity contribution in [2.75, 3.05) is 12.9 Å². The van der Waals surface area contributed by atoms with Crippen LogP contribution < -0.4 is 0 Å². The Morgan fingerprint density at radius 2 is 2.00 bits per heavy atom. The minimum absolute atomic E-state index is 0.0762. The Labute approximate surface area is 86.9 Å². The summed E-state index contributed by atoms with van der Waals surface area (Å²) in [5, 5.41) is 17.9. The minimum atomic E-state index is -3.69. The highest BCUT2D eigenvalue weighted by Gasteiger charge is 2.18. The first-order valence-electron chi connectivity index (χ1n) is 4.19. The number of aliphatic hydroxyl groups excluding tert-OH is 1. The maximum atomic E-state index is 13.4. The molecule has 0 aliphatic heterocycles. The molecule has 6 heteroatoms. The van der Waals surface area contributed by atoms with Crippen molar-refractivity contribution in [3.8, 4) is 5.75 Å². The molecule has 0 radical (unpaired) electrons. The van der Waals surface area contributed by atoms with Crippen LogP contribution in [0.25, 0.3) is 0 Å². The molecular weight excluding hydrogens is 223 g/mol. The van der Waals surface area contributed by atoms with Crippen LogP contribution in [0.3, 0.4) is 0 Å². The van der Waals surface area contributed by atoms with Gasteiger partial charge in [-0.1, -0.05) is 6.07 Å². The molecule has 84 valence electrons. The number of benzene rings is 1. The van der Waals surface area contributed by atoms with Gasteiger partial charge in [0.2, 0.25) is 0 Å². The van der Waals surface area contributed by atoms with Crippen LogP contribution in [0.4, 0.5) is 4.39 Å². The average molecular weight is 234 g/mol. The molecular formula is C9H11FO4S. The molecule has 0 aromatic heterocycles. The zero-order chi connectivity index (χ0) is 11.6. The first-order chi connectivity index (χ1) is 6.88. The number of hydrogen-bond donors (Lipinski definition) is 2. The summed E-state index contributed by atoms with van der Waals surface area (Å²) in [6, 6.07) is 2.36. The molecule has 4 nitrogen and oxygen atoms in total. The van der Waals surface area contributed by atoms with Gasteiger partial charge in [0.1, 0.15) is 4.90 Å². The minimum Gasteiger partial charge on any atom is -0.505 e. The van der Waals surface area contributed by atoms with Crippen LogP contribution in [-0.4, -0.2) is 31.5 Å². The first-order valence-corrected chi connectivity index (χ1v) is 6.08. The molecule has 2 N–H and O–H groups in total. The van der Waals surface area contributed by atoms with Gasteiger partial charge in [-0.2, -0.15) is 0 Å². The van der Waals surface area contributed by atoms with Gasteiger partial charge in [0, 0.05) is 12.9 Å². The molecule has 0 amide bonds. The van der Waals surface area contributed by atoms with Crippen LogP contribution in [0.15, 0.2) is 17.0 Å². The lowest BCUT2D eigenvalue weighted by molar-refractivity contribution is 0.296. The van der Waals surface area contributed by atoms with Gasteiger partial charge in [0.25, 0.3) is 0 Å². The third-order valence-electron chi connectivity index (χ3n) is 1.94. The zero-order valence-electron chi connectivity index (χ0n) is 8.07. The third-order valence-corrected chi connectivity index (χ3v) is 3.06. The van der Waals surface area contributed by atoms with E-state index in [4.69, 9.17) is 5.11 Å². The van der Waals surface area contributed by atoms with Crippen LogP contribution >= 0.6 is 0 Å². The SMILES string of the molecule is CS(=O)(=O)c1ccc(CCO)c(O)c1F. The fraction of sp³-hybridized carbons (Fsp3) is 0.333. The number of sulfone groups is 1. The molecule has 1 aromatic carbocycles. The molecule has 0 bridgehead atoms. The molecule has 1 rings (SSSR count). The fourth-order valence-electron chi connectivity index (χ4n) is 1.19. The van der Waals surface area contributed by atoms with E-state index in [0.29, 0.717) is 0 Å². The third kappa shape index (κ3) is 2.45. The second kappa shape index (κ2) is 4.16. The lowest BCUT2D eigenvalue weighted by Gasteiger charge is -2.07. The Morgan fingerprint density at radius 1 is 1.40 bits per heavy atom. The molecule has 0 unspecified atom stereocenters. The Balaban J connectivity index is 3.34. The number of rotatable bonds is 3. The average Bonchev–Trinajstić information content (AvgIpc) is 2.11. The van der Waals surface area contributed by atoms with Crippen LogP contribution in [0.2, 0.25) is 0 Å². The Kier molecular flexibility index (Phi) is 3.31. The summed E-state index contributed by atoms with van der Waals surface area (Å²) in [6.07, 6.45) is 0.934. The van der Waals surface area contributed by atoms with Crippen molar-refractivity contribution in [3.63, 3.8) is 0 Å². The monoisotopic (exact) mass is 234 g/mol.